The van der Waals surface area contributed by atoms with Gasteiger partial charge in [0.25, 0.3) is 0 Å². The van der Waals surface area contributed by atoms with Crippen LogP contribution >= 0.6 is 0 Å². The van der Waals surface area contributed by atoms with E-state index in [0.29, 0.717) is 6.42 Å². The number of carbonyl (C=O) groups is 1. The predicted octanol–water partition coefficient (Wildman–Crippen LogP) is 3.48. The molecule has 24 heavy (non-hydrogen) atoms. The van der Waals surface area contributed by atoms with Crippen LogP contribution in [0.15, 0.2) is 40.8 Å². The number of halogens is 3. The number of alkyl halides is 3. The van der Waals surface area contributed by atoms with E-state index in [4.69, 9.17) is 4.42 Å². The van der Waals surface area contributed by atoms with Crippen molar-refractivity contribution in [2.24, 2.45) is 0 Å². The van der Waals surface area contributed by atoms with Crippen molar-refractivity contribution in [3.8, 4) is 0 Å². The summed E-state index contributed by atoms with van der Waals surface area (Å²) in [5.41, 5.74) is -0.779. The van der Waals surface area contributed by atoms with Crippen LogP contribution < -0.4 is 0 Å². The number of carbonyl (C=O) groups excluding carboxylic acids is 1. The zero-order chi connectivity index (χ0) is 17.7. The maximum Gasteiger partial charge on any atom is 0.416 e. The third kappa shape index (κ3) is 4.21. The van der Waals surface area contributed by atoms with Crippen molar-refractivity contribution in [3.63, 3.8) is 0 Å². The van der Waals surface area contributed by atoms with Crippen molar-refractivity contribution in [2.45, 2.75) is 26.1 Å². The Morgan fingerprint density at radius 1 is 1.29 bits per heavy atom. The van der Waals surface area contributed by atoms with E-state index in [9.17, 15) is 18.0 Å². The van der Waals surface area contributed by atoms with E-state index >= 15 is 0 Å². The number of nitrogens with zero attached hydrogens (tertiary/aromatic N) is 3. The third-order valence-corrected chi connectivity index (χ3v) is 3.25. The summed E-state index contributed by atoms with van der Waals surface area (Å²) in [6.45, 7) is 1.61. The van der Waals surface area contributed by atoms with Crippen LogP contribution in [0.4, 0.5) is 13.2 Å². The highest BCUT2D eigenvalue weighted by atomic mass is 19.4. The normalized spacial score (nSPS) is 11.9. The summed E-state index contributed by atoms with van der Waals surface area (Å²) in [5.74, 6) is -0.617. The van der Waals surface area contributed by atoms with Crippen molar-refractivity contribution >= 4 is 5.91 Å². The Hall–Kier alpha value is -2.64. The van der Waals surface area contributed by atoms with Crippen molar-refractivity contribution in [1.82, 2.24) is 15.1 Å². The van der Waals surface area contributed by atoms with Gasteiger partial charge in [-0.15, -0.1) is 10.2 Å². The smallest absolute Gasteiger partial charge is 0.416 e. The van der Waals surface area contributed by atoms with E-state index < -0.39 is 17.6 Å². The van der Waals surface area contributed by atoms with Crippen molar-refractivity contribution in [1.29, 1.82) is 0 Å². The monoisotopic (exact) mass is 339 g/mol. The van der Waals surface area contributed by atoms with Crippen LogP contribution in [0.1, 0.15) is 34.6 Å². The van der Waals surface area contributed by atoms with Crippen LogP contribution in [-0.2, 0) is 19.1 Å². The van der Waals surface area contributed by atoms with Crippen molar-refractivity contribution in [3.05, 3.63) is 59.3 Å². The minimum absolute atomic E-state index is 0.00509. The average molecular weight is 339 g/mol. The van der Waals surface area contributed by atoms with Crippen LogP contribution in [0.5, 0.6) is 0 Å². The first-order chi connectivity index (χ1) is 11.3. The minimum atomic E-state index is -4.48. The van der Waals surface area contributed by atoms with Crippen LogP contribution in [-0.4, -0.2) is 28.1 Å². The van der Waals surface area contributed by atoms with E-state index in [1.807, 2.05) is 6.92 Å². The molecule has 1 aromatic carbocycles. The summed E-state index contributed by atoms with van der Waals surface area (Å²) in [4.78, 5) is 13.3. The van der Waals surface area contributed by atoms with Gasteiger partial charge in [-0.25, -0.2) is 0 Å². The molecule has 2 rings (SSSR count). The zero-order valence-corrected chi connectivity index (χ0v) is 13.2. The fourth-order valence-electron chi connectivity index (χ4n) is 2.07. The predicted molar refractivity (Wildman–Crippen MR) is 80.1 cm³/mol. The molecule has 0 radical (unpaired) electrons. The van der Waals surface area contributed by atoms with Gasteiger partial charge in [-0.1, -0.05) is 30.4 Å². The lowest BCUT2D eigenvalue weighted by Crippen LogP contribution is -2.27. The Balaban J connectivity index is 2.14. The van der Waals surface area contributed by atoms with Gasteiger partial charge in [-0.2, -0.15) is 13.2 Å². The molecule has 128 valence electrons. The number of aromatic nitrogens is 2. The molecule has 0 saturated heterocycles. The SMILES string of the molecule is C/C=C/Cc1nnc(C(=O)N(C)Cc2ccccc2C(F)(F)F)o1. The highest BCUT2D eigenvalue weighted by Crippen LogP contribution is 2.32. The lowest BCUT2D eigenvalue weighted by Gasteiger charge is -2.18. The molecule has 0 unspecified atom stereocenters. The van der Waals surface area contributed by atoms with Gasteiger partial charge in [-0.3, -0.25) is 4.79 Å². The molecule has 0 N–H and O–H groups in total. The standard InChI is InChI=1S/C16H16F3N3O2/c1-3-4-9-13-20-21-14(24-13)15(23)22(2)10-11-7-5-6-8-12(11)16(17,18)19/h3-8H,9-10H2,1-2H3/b4-3+. The van der Waals surface area contributed by atoms with Crippen molar-refractivity contribution < 1.29 is 22.4 Å². The zero-order valence-electron chi connectivity index (χ0n) is 13.2. The largest absolute Gasteiger partial charge is 0.417 e. The number of hydrogen-bond acceptors (Lipinski definition) is 4. The molecule has 1 heterocycles. The Bertz CT molecular complexity index is 738. The Morgan fingerprint density at radius 3 is 2.67 bits per heavy atom. The lowest BCUT2D eigenvalue weighted by atomic mass is 10.1. The molecule has 8 heteroatoms. The molecule has 5 nitrogen and oxygen atoms in total. The molecule has 0 aliphatic heterocycles. The third-order valence-electron chi connectivity index (χ3n) is 3.25. The fraction of sp³-hybridized carbons (Fsp3) is 0.312. The average Bonchev–Trinajstić information content (AvgIpc) is 3.00. The van der Waals surface area contributed by atoms with Gasteiger partial charge < -0.3 is 9.32 Å². The van der Waals surface area contributed by atoms with Gasteiger partial charge in [-0.05, 0) is 18.6 Å². The van der Waals surface area contributed by atoms with E-state index in [1.165, 1.54) is 25.2 Å². The summed E-state index contributed by atoms with van der Waals surface area (Å²) in [6.07, 6.45) is -0.515. The molecule has 0 bridgehead atoms. The Labute approximate surface area is 136 Å². The number of amides is 1. The summed E-state index contributed by atoms with van der Waals surface area (Å²) in [7, 11) is 1.38. The molecule has 0 saturated carbocycles. The van der Waals surface area contributed by atoms with E-state index in [0.717, 1.165) is 11.0 Å². The lowest BCUT2D eigenvalue weighted by molar-refractivity contribution is -0.138. The molecule has 0 aliphatic rings. The van der Waals surface area contributed by atoms with Gasteiger partial charge >= 0.3 is 18.0 Å². The van der Waals surface area contributed by atoms with Crippen LogP contribution in [0.3, 0.4) is 0 Å². The molecular weight excluding hydrogens is 323 g/mol. The summed E-state index contributed by atoms with van der Waals surface area (Å²) >= 11 is 0. The van der Waals surface area contributed by atoms with Gasteiger partial charge in [0.2, 0.25) is 5.89 Å². The first kappa shape index (κ1) is 17.7. The van der Waals surface area contributed by atoms with Gasteiger partial charge in [0, 0.05) is 20.0 Å². The van der Waals surface area contributed by atoms with Crippen LogP contribution in [0, 0.1) is 0 Å². The Morgan fingerprint density at radius 2 is 2.00 bits per heavy atom. The van der Waals surface area contributed by atoms with E-state index in [-0.39, 0.29) is 23.9 Å². The second-order valence-corrected chi connectivity index (χ2v) is 5.09. The van der Waals surface area contributed by atoms with Gasteiger partial charge in [0.1, 0.15) is 0 Å². The minimum Gasteiger partial charge on any atom is -0.417 e. The second kappa shape index (κ2) is 7.29. The first-order valence-corrected chi connectivity index (χ1v) is 7.17. The molecule has 0 fully saturated rings. The summed E-state index contributed by atoms with van der Waals surface area (Å²) < 4.78 is 44.2. The fourth-order valence-corrected chi connectivity index (χ4v) is 2.07. The number of benzene rings is 1. The maximum absolute atomic E-state index is 13.0. The molecule has 0 aliphatic carbocycles. The Kier molecular flexibility index (Phi) is 5.38. The quantitative estimate of drug-likeness (QED) is 0.783. The van der Waals surface area contributed by atoms with Crippen molar-refractivity contribution in [2.75, 3.05) is 7.05 Å². The topological polar surface area (TPSA) is 59.2 Å². The molecular formula is C16H16F3N3O2. The first-order valence-electron chi connectivity index (χ1n) is 7.17. The van der Waals surface area contributed by atoms with E-state index in [2.05, 4.69) is 10.2 Å². The second-order valence-electron chi connectivity index (χ2n) is 5.09. The molecule has 2 aromatic rings. The summed E-state index contributed by atoms with van der Waals surface area (Å²) in [6, 6.07) is 5.11. The van der Waals surface area contributed by atoms with Gasteiger partial charge in [0.15, 0.2) is 0 Å². The number of hydrogen-bond donors (Lipinski definition) is 0. The van der Waals surface area contributed by atoms with Crippen LogP contribution in [0.2, 0.25) is 0 Å². The summed E-state index contributed by atoms with van der Waals surface area (Å²) in [5, 5.41) is 7.36. The highest BCUT2D eigenvalue weighted by Gasteiger charge is 2.33. The molecule has 1 aromatic heterocycles. The molecule has 0 spiro atoms. The number of allylic oxidation sites excluding steroid dienone is 2. The highest BCUT2D eigenvalue weighted by molar-refractivity contribution is 5.89. The molecule has 1 amide bonds. The van der Waals surface area contributed by atoms with E-state index in [1.54, 1.807) is 12.2 Å². The number of rotatable bonds is 5. The van der Waals surface area contributed by atoms with Crippen LogP contribution in [0.25, 0.3) is 0 Å². The molecule has 0 atom stereocenters. The van der Waals surface area contributed by atoms with Gasteiger partial charge in [0.05, 0.1) is 5.56 Å². The maximum atomic E-state index is 13.0.